The van der Waals surface area contributed by atoms with Crippen LogP contribution in [0.1, 0.15) is 26.5 Å². The molecule has 1 saturated heterocycles. The van der Waals surface area contributed by atoms with Gasteiger partial charge < -0.3 is 15.0 Å². The van der Waals surface area contributed by atoms with Crippen LogP contribution >= 0.6 is 11.3 Å². The summed E-state index contributed by atoms with van der Waals surface area (Å²) in [5.74, 6) is -0.0772. The number of aryl methyl sites for hydroxylation is 3. The maximum absolute atomic E-state index is 12.8. The Kier molecular flexibility index (Phi) is 4.85. The summed E-state index contributed by atoms with van der Waals surface area (Å²) in [5.41, 5.74) is 5.11. The van der Waals surface area contributed by atoms with E-state index < -0.39 is 0 Å². The fourth-order valence-corrected chi connectivity index (χ4v) is 4.80. The minimum atomic E-state index is -0.0772. The highest BCUT2D eigenvalue weighted by atomic mass is 32.1. The average molecular weight is 382 g/mol. The van der Waals surface area contributed by atoms with Crippen LogP contribution in [0.4, 0.5) is 11.4 Å². The first-order valence-electron chi connectivity index (χ1n) is 9.14. The number of nitrogens with one attached hydrogen (secondary N) is 1. The number of anilines is 2. The van der Waals surface area contributed by atoms with Gasteiger partial charge in [0, 0.05) is 35.5 Å². The minimum absolute atomic E-state index is 0.0772. The van der Waals surface area contributed by atoms with Gasteiger partial charge in [0.2, 0.25) is 0 Å². The number of carbonyl (C=O) groups excluding carboxylic acids is 1. The number of morpholine rings is 1. The summed E-state index contributed by atoms with van der Waals surface area (Å²) in [6.07, 6.45) is 0. The molecule has 1 aromatic carbocycles. The van der Waals surface area contributed by atoms with Gasteiger partial charge in [0.05, 0.1) is 18.1 Å². The lowest BCUT2D eigenvalue weighted by molar-refractivity contribution is 0.103. The van der Waals surface area contributed by atoms with Gasteiger partial charge in [0.1, 0.15) is 4.83 Å². The molecule has 5 nitrogen and oxygen atoms in total. The average Bonchev–Trinajstić information content (AvgIpc) is 3.00. The quantitative estimate of drug-likeness (QED) is 0.734. The van der Waals surface area contributed by atoms with E-state index in [9.17, 15) is 4.79 Å². The van der Waals surface area contributed by atoms with E-state index >= 15 is 0 Å². The standard InChI is InChI=1S/C21H23N3O2S/c1-13-12-14(2)22-21-18(13)15(3)19(27-21)20(25)23-16-4-6-17(7-5-16)24-8-10-26-11-9-24/h4-7,12H,8-11H2,1-3H3,(H,23,25). The number of hydrogen-bond donors (Lipinski definition) is 1. The third-order valence-corrected chi connectivity index (χ3v) is 6.12. The van der Waals surface area contributed by atoms with Crippen LogP contribution in [0.3, 0.4) is 0 Å². The molecule has 6 heteroatoms. The molecule has 0 spiro atoms. The van der Waals surface area contributed by atoms with Crippen LogP contribution in [-0.2, 0) is 4.74 Å². The Morgan fingerprint density at radius 3 is 2.56 bits per heavy atom. The highest BCUT2D eigenvalue weighted by molar-refractivity contribution is 7.20. The predicted molar refractivity (Wildman–Crippen MR) is 111 cm³/mol. The molecule has 3 heterocycles. The van der Waals surface area contributed by atoms with Crippen molar-refractivity contribution in [1.29, 1.82) is 0 Å². The predicted octanol–water partition coefficient (Wildman–Crippen LogP) is 4.31. The van der Waals surface area contributed by atoms with Crippen molar-refractivity contribution in [3.05, 3.63) is 52.0 Å². The second-order valence-electron chi connectivity index (χ2n) is 6.92. The molecule has 0 unspecified atom stereocenters. The van der Waals surface area contributed by atoms with Crippen LogP contribution in [0.15, 0.2) is 30.3 Å². The number of ether oxygens (including phenoxy) is 1. The molecule has 4 rings (SSSR count). The van der Waals surface area contributed by atoms with Crippen molar-refractivity contribution in [2.75, 3.05) is 36.5 Å². The van der Waals surface area contributed by atoms with Gasteiger partial charge in [-0.2, -0.15) is 0 Å². The number of benzene rings is 1. The fraction of sp³-hybridized carbons (Fsp3) is 0.333. The van der Waals surface area contributed by atoms with Crippen molar-refractivity contribution in [2.24, 2.45) is 0 Å². The van der Waals surface area contributed by atoms with Gasteiger partial charge in [-0.1, -0.05) is 0 Å². The van der Waals surface area contributed by atoms with E-state index in [1.165, 1.54) is 16.9 Å². The number of fused-ring (bicyclic) bond motifs is 1. The Balaban J connectivity index is 1.54. The molecule has 27 heavy (non-hydrogen) atoms. The Bertz CT molecular complexity index is 989. The fourth-order valence-electron chi connectivity index (χ4n) is 3.60. The van der Waals surface area contributed by atoms with Crippen LogP contribution in [0.25, 0.3) is 10.2 Å². The van der Waals surface area contributed by atoms with Gasteiger partial charge in [-0.05, 0) is 62.2 Å². The molecule has 0 aliphatic carbocycles. The molecule has 2 aromatic heterocycles. The molecular weight excluding hydrogens is 358 g/mol. The highest BCUT2D eigenvalue weighted by Crippen LogP contribution is 2.32. The van der Waals surface area contributed by atoms with Gasteiger partial charge in [0.25, 0.3) is 5.91 Å². The van der Waals surface area contributed by atoms with Crippen molar-refractivity contribution >= 4 is 38.8 Å². The van der Waals surface area contributed by atoms with Gasteiger partial charge >= 0.3 is 0 Å². The molecule has 3 aromatic rings. The normalized spacial score (nSPS) is 14.6. The monoisotopic (exact) mass is 381 g/mol. The van der Waals surface area contributed by atoms with Crippen molar-refractivity contribution in [2.45, 2.75) is 20.8 Å². The summed E-state index contributed by atoms with van der Waals surface area (Å²) in [4.78, 5) is 21.4. The van der Waals surface area contributed by atoms with E-state index in [0.717, 1.165) is 64.0 Å². The molecule has 0 atom stereocenters. The summed E-state index contributed by atoms with van der Waals surface area (Å²) >= 11 is 1.46. The summed E-state index contributed by atoms with van der Waals surface area (Å²) in [7, 11) is 0. The summed E-state index contributed by atoms with van der Waals surface area (Å²) in [6, 6.07) is 10.1. The third-order valence-electron chi connectivity index (χ3n) is 4.93. The van der Waals surface area contributed by atoms with Crippen LogP contribution in [0.5, 0.6) is 0 Å². The van der Waals surface area contributed by atoms with Gasteiger partial charge in [-0.25, -0.2) is 4.98 Å². The summed E-state index contributed by atoms with van der Waals surface area (Å²) in [6.45, 7) is 9.38. The van der Waals surface area contributed by atoms with Crippen molar-refractivity contribution < 1.29 is 9.53 Å². The number of nitrogens with zero attached hydrogens (tertiary/aromatic N) is 2. The Morgan fingerprint density at radius 1 is 1.15 bits per heavy atom. The maximum Gasteiger partial charge on any atom is 0.266 e. The first kappa shape index (κ1) is 17.9. The van der Waals surface area contributed by atoms with Gasteiger partial charge in [0.15, 0.2) is 0 Å². The number of rotatable bonds is 3. The zero-order chi connectivity index (χ0) is 19.0. The molecule has 1 amide bonds. The van der Waals surface area contributed by atoms with E-state index in [2.05, 4.69) is 28.2 Å². The lowest BCUT2D eigenvalue weighted by Crippen LogP contribution is -2.36. The molecule has 1 aliphatic heterocycles. The highest BCUT2D eigenvalue weighted by Gasteiger charge is 2.18. The zero-order valence-corrected chi connectivity index (χ0v) is 16.7. The molecule has 1 aliphatic rings. The molecule has 1 N–H and O–H groups in total. The Hall–Kier alpha value is -2.44. The van der Waals surface area contributed by atoms with E-state index in [0.29, 0.717) is 0 Å². The number of aromatic nitrogens is 1. The number of thiophene rings is 1. The minimum Gasteiger partial charge on any atom is -0.378 e. The number of pyridine rings is 1. The summed E-state index contributed by atoms with van der Waals surface area (Å²) in [5, 5.41) is 4.12. The SMILES string of the molecule is Cc1cc(C)c2c(C)c(C(=O)Nc3ccc(N4CCOCC4)cc3)sc2n1. The molecule has 0 saturated carbocycles. The topological polar surface area (TPSA) is 54.5 Å². The second-order valence-corrected chi connectivity index (χ2v) is 7.92. The lowest BCUT2D eigenvalue weighted by Gasteiger charge is -2.28. The van der Waals surface area contributed by atoms with Crippen molar-refractivity contribution in [3.8, 4) is 0 Å². The number of amides is 1. The van der Waals surface area contributed by atoms with Crippen molar-refractivity contribution in [3.63, 3.8) is 0 Å². The third kappa shape index (κ3) is 3.55. The first-order valence-corrected chi connectivity index (χ1v) is 9.96. The number of hydrogen-bond acceptors (Lipinski definition) is 5. The van der Waals surface area contributed by atoms with Gasteiger partial charge in [-0.15, -0.1) is 11.3 Å². The van der Waals surface area contributed by atoms with Crippen LogP contribution in [0.2, 0.25) is 0 Å². The second kappa shape index (κ2) is 7.29. The van der Waals surface area contributed by atoms with E-state index in [1.54, 1.807) is 0 Å². The van der Waals surface area contributed by atoms with E-state index in [1.807, 2.05) is 38.1 Å². The number of carbonyl (C=O) groups is 1. The largest absolute Gasteiger partial charge is 0.378 e. The lowest BCUT2D eigenvalue weighted by atomic mass is 10.1. The van der Waals surface area contributed by atoms with E-state index in [-0.39, 0.29) is 5.91 Å². The van der Waals surface area contributed by atoms with Crippen molar-refractivity contribution in [1.82, 2.24) is 4.98 Å². The molecule has 1 fully saturated rings. The van der Waals surface area contributed by atoms with Crippen LogP contribution < -0.4 is 10.2 Å². The molecule has 0 bridgehead atoms. The van der Waals surface area contributed by atoms with Gasteiger partial charge in [-0.3, -0.25) is 4.79 Å². The molecule has 140 valence electrons. The smallest absolute Gasteiger partial charge is 0.266 e. The van der Waals surface area contributed by atoms with Crippen LogP contribution in [0, 0.1) is 20.8 Å². The Labute approximate surface area is 163 Å². The first-order chi connectivity index (χ1) is 13.0. The maximum atomic E-state index is 12.8. The van der Waals surface area contributed by atoms with E-state index in [4.69, 9.17) is 4.74 Å². The van der Waals surface area contributed by atoms with Crippen LogP contribution in [-0.4, -0.2) is 37.2 Å². The molecule has 0 radical (unpaired) electrons. The Morgan fingerprint density at radius 2 is 1.85 bits per heavy atom. The summed E-state index contributed by atoms with van der Waals surface area (Å²) < 4.78 is 5.40. The zero-order valence-electron chi connectivity index (χ0n) is 15.8. The molecular formula is C21H23N3O2S.